The Bertz CT molecular complexity index is 734. The van der Waals surface area contributed by atoms with E-state index in [2.05, 4.69) is 9.97 Å². The van der Waals surface area contributed by atoms with Crippen molar-refractivity contribution in [2.75, 3.05) is 0 Å². The molecule has 3 aromatic heterocycles. The average Bonchev–Trinajstić information content (AvgIpc) is 2.88. The van der Waals surface area contributed by atoms with Crippen LogP contribution < -0.4 is 4.74 Å². The summed E-state index contributed by atoms with van der Waals surface area (Å²) in [6.07, 6.45) is 6.52. The topological polar surface area (TPSA) is 76.7 Å². The van der Waals surface area contributed by atoms with Crippen molar-refractivity contribution < 1.29 is 14.6 Å². The number of aromatic carboxylic acids is 1. The van der Waals surface area contributed by atoms with E-state index >= 15 is 0 Å². The molecule has 6 nitrogen and oxygen atoms in total. The van der Waals surface area contributed by atoms with Gasteiger partial charge in [0.25, 0.3) is 0 Å². The fourth-order valence-electron chi connectivity index (χ4n) is 1.83. The lowest BCUT2D eigenvalue weighted by molar-refractivity contribution is 0.0696. The summed E-state index contributed by atoms with van der Waals surface area (Å²) in [7, 11) is 0. The van der Waals surface area contributed by atoms with Crippen molar-refractivity contribution in [2.24, 2.45) is 0 Å². The first-order valence-electron chi connectivity index (χ1n) is 5.96. The molecule has 0 aliphatic heterocycles. The summed E-state index contributed by atoms with van der Waals surface area (Å²) in [5, 5.41) is 8.88. The van der Waals surface area contributed by atoms with Gasteiger partial charge in [-0.2, -0.15) is 0 Å². The zero-order chi connectivity index (χ0) is 13.9. The standard InChI is InChI=1S/C14H11N3O3/c18-14(19)10-5-12(7-15-6-10)20-9-11-8-17-4-2-1-3-13(17)16-11/h1-8H,9H2,(H,18,19). The second kappa shape index (κ2) is 5.00. The van der Waals surface area contributed by atoms with Crippen molar-refractivity contribution in [3.05, 3.63) is 60.3 Å². The number of rotatable bonds is 4. The highest BCUT2D eigenvalue weighted by atomic mass is 16.5. The highest BCUT2D eigenvalue weighted by molar-refractivity contribution is 5.87. The van der Waals surface area contributed by atoms with Gasteiger partial charge in [0.2, 0.25) is 0 Å². The summed E-state index contributed by atoms with van der Waals surface area (Å²) < 4.78 is 7.40. The SMILES string of the molecule is O=C(O)c1cncc(OCc2cn3ccccc3n2)c1. The molecule has 100 valence electrons. The van der Waals surface area contributed by atoms with Crippen LogP contribution in [0.1, 0.15) is 16.1 Å². The minimum atomic E-state index is -1.03. The van der Waals surface area contributed by atoms with E-state index in [1.165, 1.54) is 18.5 Å². The molecule has 20 heavy (non-hydrogen) atoms. The van der Waals surface area contributed by atoms with Gasteiger partial charge in [-0.1, -0.05) is 6.07 Å². The third kappa shape index (κ3) is 2.44. The Balaban J connectivity index is 1.75. The molecule has 6 heteroatoms. The number of nitrogens with zero attached hydrogens (tertiary/aromatic N) is 3. The Morgan fingerprint density at radius 1 is 1.35 bits per heavy atom. The van der Waals surface area contributed by atoms with E-state index in [9.17, 15) is 4.79 Å². The molecular weight excluding hydrogens is 258 g/mol. The molecule has 0 aliphatic carbocycles. The molecule has 0 bridgehead atoms. The van der Waals surface area contributed by atoms with Crippen LogP contribution in [0.25, 0.3) is 5.65 Å². The number of ether oxygens (including phenoxy) is 1. The summed E-state index contributed by atoms with van der Waals surface area (Å²) in [5.41, 5.74) is 1.69. The van der Waals surface area contributed by atoms with Crippen LogP contribution >= 0.6 is 0 Å². The van der Waals surface area contributed by atoms with Gasteiger partial charge in [-0.3, -0.25) is 4.98 Å². The van der Waals surface area contributed by atoms with Crippen LogP contribution in [0, 0.1) is 0 Å². The lowest BCUT2D eigenvalue weighted by atomic mass is 10.3. The molecule has 3 rings (SSSR count). The molecule has 3 heterocycles. The van der Waals surface area contributed by atoms with Crippen molar-refractivity contribution in [3.8, 4) is 5.75 Å². The molecule has 3 aromatic rings. The van der Waals surface area contributed by atoms with Gasteiger partial charge in [0, 0.05) is 18.6 Å². The van der Waals surface area contributed by atoms with E-state index in [0.29, 0.717) is 5.75 Å². The van der Waals surface area contributed by atoms with Crippen LogP contribution in [0.15, 0.2) is 49.1 Å². The highest BCUT2D eigenvalue weighted by Gasteiger charge is 2.06. The van der Waals surface area contributed by atoms with Gasteiger partial charge < -0.3 is 14.2 Å². The molecule has 1 N–H and O–H groups in total. The molecule has 0 amide bonds. The summed E-state index contributed by atoms with van der Waals surface area (Å²) in [5.74, 6) is -0.627. The molecule has 0 aromatic carbocycles. The van der Waals surface area contributed by atoms with Crippen molar-refractivity contribution in [3.63, 3.8) is 0 Å². The van der Waals surface area contributed by atoms with Gasteiger partial charge in [-0.15, -0.1) is 0 Å². The molecular formula is C14H11N3O3. The molecule has 0 saturated carbocycles. The maximum atomic E-state index is 10.8. The number of hydrogen-bond donors (Lipinski definition) is 1. The highest BCUT2D eigenvalue weighted by Crippen LogP contribution is 2.13. The van der Waals surface area contributed by atoms with E-state index in [-0.39, 0.29) is 12.2 Å². The second-order valence-electron chi connectivity index (χ2n) is 4.20. The zero-order valence-electron chi connectivity index (χ0n) is 10.4. The predicted octanol–water partition coefficient (Wildman–Crippen LogP) is 2.01. The summed E-state index contributed by atoms with van der Waals surface area (Å²) in [6.45, 7) is 0.256. The van der Waals surface area contributed by atoms with E-state index in [4.69, 9.17) is 9.84 Å². The van der Waals surface area contributed by atoms with E-state index in [1.54, 1.807) is 0 Å². The monoisotopic (exact) mass is 269 g/mol. The largest absolute Gasteiger partial charge is 0.486 e. The van der Waals surface area contributed by atoms with Crippen LogP contribution in [0.3, 0.4) is 0 Å². The Labute approximate surface area is 114 Å². The number of pyridine rings is 2. The lowest BCUT2D eigenvalue weighted by Crippen LogP contribution is -2.00. The molecule has 0 spiro atoms. The van der Waals surface area contributed by atoms with Crippen LogP contribution in [-0.4, -0.2) is 25.4 Å². The first kappa shape index (κ1) is 12.2. The third-order valence-corrected chi connectivity index (χ3v) is 2.76. The van der Waals surface area contributed by atoms with Crippen LogP contribution in [0.5, 0.6) is 5.75 Å². The van der Waals surface area contributed by atoms with E-state index in [0.717, 1.165) is 11.3 Å². The van der Waals surface area contributed by atoms with Crippen molar-refractivity contribution in [1.29, 1.82) is 0 Å². The van der Waals surface area contributed by atoms with Crippen molar-refractivity contribution >= 4 is 11.6 Å². The average molecular weight is 269 g/mol. The van der Waals surface area contributed by atoms with Gasteiger partial charge in [0.15, 0.2) is 0 Å². The van der Waals surface area contributed by atoms with Gasteiger partial charge in [-0.05, 0) is 18.2 Å². The summed E-state index contributed by atoms with van der Waals surface area (Å²) >= 11 is 0. The molecule has 0 saturated heterocycles. The van der Waals surface area contributed by atoms with Gasteiger partial charge >= 0.3 is 5.97 Å². The number of hydrogen-bond acceptors (Lipinski definition) is 4. The third-order valence-electron chi connectivity index (χ3n) is 2.76. The van der Waals surface area contributed by atoms with Crippen molar-refractivity contribution in [2.45, 2.75) is 6.61 Å². The smallest absolute Gasteiger partial charge is 0.337 e. The second-order valence-corrected chi connectivity index (χ2v) is 4.20. The molecule has 0 radical (unpaired) electrons. The van der Waals surface area contributed by atoms with Gasteiger partial charge in [0.05, 0.1) is 17.5 Å². The zero-order valence-corrected chi connectivity index (χ0v) is 10.4. The number of aromatic nitrogens is 3. The Morgan fingerprint density at radius 3 is 3.05 bits per heavy atom. The van der Waals surface area contributed by atoms with E-state index in [1.807, 2.05) is 35.0 Å². The van der Waals surface area contributed by atoms with Crippen LogP contribution in [0.2, 0.25) is 0 Å². The number of imidazole rings is 1. The first-order valence-corrected chi connectivity index (χ1v) is 5.96. The Morgan fingerprint density at radius 2 is 2.25 bits per heavy atom. The maximum absolute atomic E-state index is 10.8. The summed E-state index contributed by atoms with van der Waals surface area (Å²) in [6, 6.07) is 7.16. The molecule has 0 atom stereocenters. The summed E-state index contributed by atoms with van der Waals surface area (Å²) in [4.78, 5) is 19.0. The van der Waals surface area contributed by atoms with E-state index < -0.39 is 5.97 Å². The number of carbonyl (C=O) groups is 1. The van der Waals surface area contributed by atoms with Gasteiger partial charge in [0.1, 0.15) is 18.0 Å². The first-order chi connectivity index (χ1) is 9.72. The number of carboxylic acids is 1. The number of fused-ring (bicyclic) bond motifs is 1. The molecule has 0 aliphatic rings. The fraction of sp³-hybridized carbons (Fsp3) is 0.0714. The normalized spacial score (nSPS) is 10.6. The number of carboxylic acid groups (broad SMARTS) is 1. The maximum Gasteiger partial charge on any atom is 0.337 e. The fourth-order valence-corrected chi connectivity index (χ4v) is 1.83. The quantitative estimate of drug-likeness (QED) is 0.784. The Hall–Kier alpha value is -2.89. The van der Waals surface area contributed by atoms with Gasteiger partial charge in [-0.25, -0.2) is 9.78 Å². The molecule has 0 unspecified atom stereocenters. The van der Waals surface area contributed by atoms with Crippen molar-refractivity contribution in [1.82, 2.24) is 14.4 Å². The predicted molar refractivity (Wildman–Crippen MR) is 70.7 cm³/mol. The Kier molecular flexibility index (Phi) is 3.04. The van der Waals surface area contributed by atoms with Crippen LogP contribution in [0.4, 0.5) is 0 Å². The lowest BCUT2D eigenvalue weighted by Gasteiger charge is -2.03. The minimum absolute atomic E-state index is 0.0949. The molecule has 0 fully saturated rings. The van der Waals surface area contributed by atoms with Crippen LogP contribution in [-0.2, 0) is 6.61 Å². The minimum Gasteiger partial charge on any atom is -0.486 e.